The molecule has 4 fully saturated rings. The van der Waals surface area contributed by atoms with Crippen molar-refractivity contribution in [3.63, 3.8) is 0 Å². The van der Waals surface area contributed by atoms with E-state index >= 15 is 0 Å². The summed E-state index contributed by atoms with van der Waals surface area (Å²) in [6.07, 6.45) is 5.90. The Bertz CT molecular complexity index is 647. The minimum absolute atomic E-state index is 0.305. The van der Waals surface area contributed by atoms with Crippen molar-refractivity contribution in [2.24, 2.45) is 5.92 Å². The molecule has 0 aliphatic carbocycles. The largest absolute Gasteiger partial charge is 0.366 e. The number of nitrogens with one attached hydrogen (secondary N) is 1. The Morgan fingerprint density at radius 2 is 1.83 bits per heavy atom. The molecule has 0 aromatic carbocycles. The fourth-order valence-corrected chi connectivity index (χ4v) is 5.48. The first-order valence-electron chi connectivity index (χ1n) is 8.58. The topological polar surface area (TPSA) is 65.5 Å². The van der Waals surface area contributed by atoms with Gasteiger partial charge in [-0.3, -0.25) is 0 Å². The van der Waals surface area contributed by atoms with E-state index in [2.05, 4.69) is 15.2 Å². The lowest BCUT2D eigenvalue weighted by Gasteiger charge is -2.45. The van der Waals surface area contributed by atoms with Gasteiger partial charge < -0.3 is 10.2 Å². The Morgan fingerprint density at radius 3 is 2.39 bits per heavy atom. The molecule has 4 aliphatic heterocycles. The molecule has 0 radical (unpaired) electrons. The molecule has 23 heavy (non-hydrogen) atoms. The quantitative estimate of drug-likeness (QED) is 0.900. The summed E-state index contributed by atoms with van der Waals surface area (Å²) >= 11 is 0. The smallest absolute Gasteiger partial charge is 0.244 e. The van der Waals surface area contributed by atoms with Gasteiger partial charge in [0, 0.05) is 31.9 Å². The molecule has 0 saturated carbocycles. The van der Waals surface area contributed by atoms with Gasteiger partial charge in [0.05, 0.1) is 0 Å². The van der Waals surface area contributed by atoms with Crippen LogP contribution in [0.2, 0.25) is 0 Å². The number of piperidine rings is 3. The van der Waals surface area contributed by atoms with Crippen molar-refractivity contribution < 1.29 is 8.42 Å². The van der Waals surface area contributed by atoms with Crippen molar-refractivity contribution in [1.29, 1.82) is 0 Å². The zero-order valence-electron chi connectivity index (χ0n) is 13.3. The van der Waals surface area contributed by atoms with Gasteiger partial charge in [-0.05, 0) is 56.8 Å². The summed E-state index contributed by atoms with van der Waals surface area (Å²) in [7, 11) is -3.36. The van der Waals surface area contributed by atoms with Crippen LogP contribution in [0.15, 0.2) is 23.2 Å². The second-order valence-corrected chi connectivity index (χ2v) is 8.82. The number of aromatic nitrogens is 1. The lowest BCUT2D eigenvalue weighted by Crippen LogP contribution is -2.53. The predicted octanol–water partition coefficient (Wildman–Crippen LogP) is 1.37. The molecule has 126 valence electrons. The fourth-order valence-electron chi connectivity index (χ4n) is 4.01. The highest BCUT2D eigenvalue weighted by atomic mass is 32.2. The zero-order valence-corrected chi connectivity index (χ0v) is 14.1. The molecule has 0 amide bonds. The van der Waals surface area contributed by atoms with Crippen LogP contribution in [0.5, 0.6) is 0 Å². The monoisotopic (exact) mass is 336 g/mol. The third kappa shape index (κ3) is 2.97. The average Bonchev–Trinajstić information content (AvgIpc) is 3.12. The van der Waals surface area contributed by atoms with Crippen LogP contribution in [0.25, 0.3) is 0 Å². The maximum Gasteiger partial charge on any atom is 0.244 e. The highest BCUT2D eigenvalue weighted by molar-refractivity contribution is 7.89. The Morgan fingerprint density at radius 1 is 1.09 bits per heavy atom. The Labute approximate surface area is 137 Å². The second-order valence-electron chi connectivity index (χ2n) is 6.88. The minimum atomic E-state index is -3.36. The molecular formula is C16H24N4O2S. The van der Waals surface area contributed by atoms with E-state index in [9.17, 15) is 8.42 Å². The van der Waals surface area contributed by atoms with E-state index in [4.69, 9.17) is 0 Å². The molecule has 1 aromatic rings. The molecule has 6 nitrogen and oxygen atoms in total. The molecule has 1 unspecified atom stereocenters. The van der Waals surface area contributed by atoms with Crippen LogP contribution in [0, 0.1) is 5.92 Å². The molecule has 1 atom stereocenters. The summed E-state index contributed by atoms with van der Waals surface area (Å²) in [6.45, 7) is 4.75. The summed E-state index contributed by atoms with van der Waals surface area (Å²) in [5.41, 5.74) is 0. The summed E-state index contributed by atoms with van der Waals surface area (Å²) in [6, 6.07) is 3.93. The maximum absolute atomic E-state index is 12.5. The van der Waals surface area contributed by atoms with Gasteiger partial charge in [-0.1, -0.05) is 0 Å². The van der Waals surface area contributed by atoms with E-state index in [0.29, 0.717) is 24.0 Å². The molecule has 4 aliphatic rings. The standard InChI is InChI=1S/C16H24N4O2S/c21-23(22,20-7-1-2-8-20)14-3-4-16(17-11-14)18-15-12-19-9-5-13(15)6-10-19/h3-4,11,13,15H,1-2,5-10,12H2,(H,17,18). The molecule has 2 bridgehead atoms. The number of rotatable bonds is 4. The van der Waals surface area contributed by atoms with E-state index in [-0.39, 0.29) is 0 Å². The van der Waals surface area contributed by atoms with Gasteiger partial charge >= 0.3 is 0 Å². The molecular weight excluding hydrogens is 312 g/mol. The normalized spacial score (nSPS) is 31.4. The lowest BCUT2D eigenvalue weighted by atomic mass is 9.84. The van der Waals surface area contributed by atoms with E-state index in [1.54, 1.807) is 16.4 Å². The average molecular weight is 336 g/mol. The highest BCUT2D eigenvalue weighted by Crippen LogP contribution is 2.29. The van der Waals surface area contributed by atoms with Crippen molar-refractivity contribution in [3.8, 4) is 0 Å². The van der Waals surface area contributed by atoms with Crippen molar-refractivity contribution >= 4 is 15.8 Å². The van der Waals surface area contributed by atoms with Gasteiger partial charge in [0.15, 0.2) is 0 Å². The van der Waals surface area contributed by atoms with Gasteiger partial charge in [-0.15, -0.1) is 0 Å². The van der Waals surface area contributed by atoms with E-state index in [1.807, 2.05) is 0 Å². The molecule has 4 saturated heterocycles. The Kier molecular flexibility index (Phi) is 4.03. The molecule has 1 N–H and O–H groups in total. The minimum Gasteiger partial charge on any atom is -0.366 e. The van der Waals surface area contributed by atoms with Gasteiger partial charge in [0.2, 0.25) is 10.0 Å². The van der Waals surface area contributed by atoms with Crippen molar-refractivity contribution in [2.45, 2.75) is 36.6 Å². The van der Waals surface area contributed by atoms with Gasteiger partial charge in [0.25, 0.3) is 0 Å². The van der Waals surface area contributed by atoms with Gasteiger partial charge in [-0.25, -0.2) is 13.4 Å². The van der Waals surface area contributed by atoms with Crippen molar-refractivity contribution in [3.05, 3.63) is 18.3 Å². The highest BCUT2D eigenvalue weighted by Gasteiger charge is 2.34. The third-order valence-electron chi connectivity index (χ3n) is 5.43. The van der Waals surface area contributed by atoms with E-state index in [1.165, 1.54) is 32.1 Å². The first-order chi connectivity index (χ1) is 11.1. The number of anilines is 1. The van der Waals surface area contributed by atoms with Crippen molar-refractivity contribution in [2.75, 3.05) is 38.0 Å². The first-order valence-corrected chi connectivity index (χ1v) is 10.0. The van der Waals surface area contributed by atoms with Crippen LogP contribution in [0.1, 0.15) is 25.7 Å². The summed E-state index contributed by atoms with van der Waals surface area (Å²) in [5.74, 6) is 1.50. The summed E-state index contributed by atoms with van der Waals surface area (Å²) in [5, 5.41) is 3.50. The molecule has 7 heteroatoms. The molecule has 5 rings (SSSR count). The molecule has 0 spiro atoms. The number of sulfonamides is 1. The number of nitrogens with zero attached hydrogens (tertiary/aromatic N) is 3. The zero-order chi connectivity index (χ0) is 15.9. The number of fused-ring (bicyclic) bond motifs is 3. The Balaban J connectivity index is 1.46. The maximum atomic E-state index is 12.5. The van der Waals surface area contributed by atoms with Crippen molar-refractivity contribution in [1.82, 2.24) is 14.2 Å². The Hall–Kier alpha value is -1.18. The third-order valence-corrected chi connectivity index (χ3v) is 7.31. The number of hydrogen-bond donors (Lipinski definition) is 1. The van der Waals surface area contributed by atoms with Crippen LogP contribution < -0.4 is 5.32 Å². The van der Waals surface area contributed by atoms with E-state index in [0.717, 1.165) is 31.1 Å². The van der Waals surface area contributed by atoms with E-state index < -0.39 is 10.0 Å². The lowest BCUT2D eigenvalue weighted by molar-refractivity contribution is 0.0974. The molecule has 5 heterocycles. The number of hydrogen-bond acceptors (Lipinski definition) is 5. The number of pyridine rings is 1. The van der Waals surface area contributed by atoms with Crippen LogP contribution in [0.3, 0.4) is 0 Å². The molecule has 1 aromatic heterocycles. The van der Waals surface area contributed by atoms with Crippen LogP contribution in [-0.4, -0.2) is 61.4 Å². The summed E-state index contributed by atoms with van der Waals surface area (Å²) < 4.78 is 26.6. The predicted molar refractivity (Wildman–Crippen MR) is 88.8 cm³/mol. The van der Waals surface area contributed by atoms with Gasteiger partial charge in [0.1, 0.15) is 10.7 Å². The van der Waals surface area contributed by atoms with Crippen LogP contribution in [-0.2, 0) is 10.0 Å². The van der Waals surface area contributed by atoms with Crippen LogP contribution in [0.4, 0.5) is 5.82 Å². The van der Waals surface area contributed by atoms with Gasteiger partial charge in [-0.2, -0.15) is 4.31 Å². The fraction of sp³-hybridized carbons (Fsp3) is 0.688. The summed E-state index contributed by atoms with van der Waals surface area (Å²) in [4.78, 5) is 7.15. The first kappa shape index (κ1) is 15.4. The SMILES string of the molecule is O=S(=O)(c1ccc(NC2CN3CCC2CC3)nc1)N1CCCC1. The second kappa shape index (κ2) is 6.03. The van der Waals surface area contributed by atoms with Crippen LogP contribution >= 0.6 is 0 Å².